The van der Waals surface area contributed by atoms with Crippen molar-refractivity contribution in [1.82, 2.24) is 9.97 Å². The van der Waals surface area contributed by atoms with E-state index in [2.05, 4.69) is 34.3 Å². The van der Waals surface area contributed by atoms with E-state index in [1.807, 2.05) is 32.9 Å². The second kappa shape index (κ2) is 7.10. The number of H-pyrrole nitrogens is 1. The monoisotopic (exact) mass is 373 g/mol. The van der Waals surface area contributed by atoms with Crippen molar-refractivity contribution in [3.05, 3.63) is 52.0 Å². The molecule has 0 fully saturated rings. The Hall–Kier alpha value is -1.98. The van der Waals surface area contributed by atoms with Gasteiger partial charge >= 0.3 is 0 Å². The normalized spacial score (nSPS) is 12.4. The molecule has 6 heteroatoms. The topological polar surface area (TPSA) is 57.8 Å². The predicted molar refractivity (Wildman–Crippen MR) is 106 cm³/mol. The number of nitrogens with one attached hydrogen (secondary N) is 2. The first-order valence-electron chi connectivity index (χ1n) is 8.04. The minimum atomic E-state index is -0.281. The number of aromatic amines is 1. The lowest BCUT2D eigenvalue weighted by Crippen LogP contribution is -2.23. The molecule has 0 saturated carbocycles. The Kier molecular flexibility index (Phi) is 5.06. The molecule has 1 aromatic heterocycles. The van der Waals surface area contributed by atoms with Gasteiger partial charge in [0.2, 0.25) is 5.91 Å². The third-order valence-corrected chi connectivity index (χ3v) is 5.22. The minimum absolute atomic E-state index is 0.0430. The van der Waals surface area contributed by atoms with Crippen molar-refractivity contribution in [2.45, 2.75) is 38.1 Å². The van der Waals surface area contributed by atoms with Gasteiger partial charge in [-0.1, -0.05) is 41.1 Å². The number of hydrogen-bond acceptors (Lipinski definition) is 3. The quantitative estimate of drug-likeness (QED) is 0.613. The van der Waals surface area contributed by atoms with Crippen LogP contribution < -0.4 is 5.32 Å². The van der Waals surface area contributed by atoms with Crippen molar-refractivity contribution in [3.8, 4) is 0 Å². The zero-order valence-electron chi connectivity index (χ0n) is 14.6. The second-order valence-corrected chi connectivity index (χ2v) is 7.99. The number of thioether (sulfide) groups is 1. The molecule has 0 aliphatic rings. The molecular formula is C19H20ClN3OS. The summed E-state index contributed by atoms with van der Waals surface area (Å²) in [7, 11) is 0. The lowest BCUT2D eigenvalue weighted by atomic mass is 10.1. The SMILES string of the molecule is Cc1cc(C)c(NC(=O)C(C)Sc2nc3ccc(Cl)cc3[nH]2)c(C)c1. The Bertz CT molecular complexity index is 928. The molecule has 130 valence electrons. The van der Waals surface area contributed by atoms with Crippen molar-refractivity contribution in [1.29, 1.82) is 0 Å². The van der Waals surface area contributed by atoms with Gasteiger partial charge in [-0.05, 0) is 57.0 Å². The highest BCUT2D eigenvalue weighted by molar-refractivity contribution is 8.00. The van der Waals surface area contributed by atoms with Gasteiger partial charge in [-0.15, -0.1) is 0 Å². The summed E-state index contributed by atoms with van der Waals surface area (Å²) < 4.78 is 0. The summed E-state index contributed by atoms with van der Waals surface area (Å²) in [6.45, 7) is 7.95. The van der Waals surface area contributed by atoms with E-state index in [9.17, 15) is 4.79 Å². The molecule has 1 heterocycles. The number of fused-ring (bicyclic) bond motifs is 1. The predicted octanol–water partition coefficient (Wildman–Crippen LogP) is 5.26. The highest BCUT2D eigenvalue weighted by Gasteiger charge is 2.18. The summed E-state index contributed by atoms with van der Waals surface area (Å²) in [5.74, 6) is -0.0430. The molecule has 2 N–H and O–H groups in total. The molecule has 1 amide bonds. The number of aromatic nitrogens is 2. The van der Waals surface area contributed by atoms with Crippen LogP contribution in [0.15, 0.2) is 35.5 Å². The molecule has 0 saturated heterocycles. The maximum absolute atomic E-state index is 12.6. The average molecular weight is 374 g/mol. The number of nitrogens with zero attached hydrogens (tertiary/aromatic N) is 1. The van der Waals surface area contributed by atoms with Crippen molar-refractivity contribution in [3.63, 3.8) is 0 Å². The van der Waals surface area contributed by atoms with E-state index >= 15 is 0 Å². The van der Waals surface area contributed by atoms with Crippen LogP contribution in [0.5, 0.6) is 0 Å². The van der Waals surface area contributed by atoms with E-state index in [1.54, 1.807) is 6.07 Å². The number of benzene rings is 2. The molecule has 2 aromatic carbocycles. The zero-order chi connectivity index (χ0) is 18.1. The van der Waals surface area contributed by atoms with E-state index in [0.29, 0.717) is 10.2 Å². The Balaban J connectivity index is 1.74. The molecule has 3 aromatic rings. The van der Waals surface area contributed by atoms with Crippen molar-refractivity contribution in [2.24, 2.45) is 0 Å². The molecule has 4 nitrogen and oxygen atoms in total. The maximum atomic E-state index is 12.6. The first-order valence-corrected chi connectivity index (χ1v) is 9.30. The maximum Gasteiger partial charge on any atom is 0.237 e. The van der Waals surface area contributed by atoms with E-state index in [4.69, 9.17) is 11.6 Å². The van der Waals surface area contributed by atoms with Crippen LogP contribution in [0.2, 0.25) is 5.02 Å². The Morgan fingerprint density at radius 1 is 1.20 bits per heavy atom. The highest BCUT2D eigenvalue weighted by atomic mass is 35.5. The van der Waals surface area contributed by atoms with Crippen LogP contribution >= 0.6 is 23.4 Å². The van der Waals surface area contributed by atoms with Crippen LogP contribution in [-0.4, -0.2) is 21.1 Å². The number of hydrogen-bond donors (Lipinski definition) is 2. The summed E-state index contributed by atoms with van der Waals surface area (Å²) in [6.07, 6.45) is 0. The van der Waals surface area contributed by atoms with Gasteiger partial charge in [0.25, 0.3) is 0 Å². The summed E-state index contributed by atoms with van der Waals surface area (Å²) in [5, 5.41) is 4.13. The van der Waals surface area contributed by atoms with Crippen LogP contribution in [0.4, 0.5) is 5.69 Å². The third kappa shape index (κ3) is 3.99. The van der Waals surface area contributed by atoms with E-state index in [-0.39, 0.29) is 11.2 Å². The molecule has 3 rings (SSSR count). The molecular weight excluding hydrogens is 354 g/mol. The van der Waals surface area contributed by atoms with Gasteiger partial charge < -0.3 is 10.3 Å². The average Bonchev–Trinajstić information content (AvgIpc) is 2.91. The van der Waals surface area contributed by atoms with Crippen molar-refractivity contribution in [2.75, 3.05) is 5.32 Å². The van der Waals surface area contributed by atoms with Gasteiger partial charge in [-0.25, -0.2) is 4.98 Å². The van der Waals surface area contributed by atoms with Gasteiger partial charge in [0.1, 0.15) is 0 Å². The molecule has 1 atom stereocenters. The van der Waals surface area contributed by atoms with Gasteiger partial charge in [0.15, 0.2) is 5.16 Å². The zero-order valence-corrected chi connectivity index (χ0v) is 16.2. The summed E-state index contributed by atoms with van der Waals surface area (Å²) in [6, 6.07) is 9.64. The minimum Gasteiger partial charge on any atom is -0.333 e. The Morgan fingerprint density at radius 3 is 2.56 bits per heavy atom. The largest absolute Gasteiger partial charge is 0.333 e. The fraction of sp³-hybridized carbons (Fsp3) is 0.263. The second-order valence-electron chi connectivity index (χ2n) is 6.23. The molecule has 25 heavy (non-hydrogen) atoms. The smallest absolute Gasteiger partial charge is 0.237 e. The van der Waals surface area contributed by atoms with Gasteiger partial charge in [0.05, 0.1) is 16.3 Å². The van der Waals surface area contributed by atoms with Crippen molar-refractivity contribution < 1.29 is 4.79 Å². The highest BCUT2D eigenvalue weighted by Crippen LogP contribution is 2.27. The number of imidazole rings is 1. The molecule has 0 bridgehead atoms. The molecule has 0 aliphatic carbocycles. The number of anilines is 1. The number of aryl methyl sites for hydroxylation is 3. The standard InChI is InChI=1S/C19H20ClN3OS/c1-10-7-11(2)17(12(3)8-10)23-18(24)13(4)25-19-21-15-6-5-14(20)9-16(15)22-19/h5-9,13H,1-4H3,(H,21,22)(H,23,24). The van der Waals surface area contributed by atoms with Crippen LogP contribution in [0.25, 0.3) is 11.0 Å². The number of amides is 1. The van der Waals surface area contributed by atoms with Crippen LogP contribution in [0.1, 0.15) is 23.6 Å². The number of carbonyl (C=O) groups is 1. The third-order valence-electron chi connectivity index (χ3n) is 4.01. The molecule has 0 radical (unpaired) electrons. The first-order chi connectivity index (χ1) is 11.8. The van der Waals surface area contributed by atoms with Gasteiger partial charge in [-0.3, -0.25) is 4.79 Å². The van der Waals surface area contributed by atoms with Crippen molar-refractivity contribution >= 4 is 46.0 Å². The lowest BCUT2D eigenvalue weighted by molar-refractivity contribution is -0.115. The van der Waals surface area contributed by atoms with Crippen LogP contribution in [0, 0.1) is 20.8 Å². The summed E-state index contributed by atoms with van der Waals surface area (Å²) in [4.78, 5) is 20.3. The van der Waals surface area contributed by atoms with E-state index in [0.717, 1.165) is 27.8 Å². The number of rotatable bonds is 4. The van der Waals surface area contributed by atoms with Crippen LogP contribution in [0.3, 0.4) is 0 Å². The summed E-state index contributed by atoms with van der Waals surface area (Å²) >= 11 is 7.39. The number of carbonyl (C=O) groups excluding carboxylic acids is 1. The van der Waals surface area contributed by atoms with Crippen LogP contribution in [-0.2, 0) is 4.79 Å². The van der Waals surface area contributed by atoms with E-state index in [1.165, 1.54) is 17.3 Å². The van der Waals surface area contributed by atoms with E-state index < -0.39 is 0 Å². The molecule has 1 unspecified atom stereocenters. The fourth-order valence-electron chi connectivity index (χ4n) is 2.84. The first kappa shape index (κ1) is 17.8. The molecule has 0 spiro atoms. The number of halogens is 1. The fourth-order valence-corrected chi connectivity index (χ4v) is 3.83. The Labute approximate surface area is 156 Å². The Morgan fingerprint density at radius 2 is 1.88 bits per heavy atom. The van der Waals surface area contributed by atoms with Gasteiger partial charge in [-0.2, -0.15) is 0 Å². The summed E-state index contributed by atoms with van der Waals surface area (Å²) in [5.41, 5.74) is 5.93. The lowest BCUT2D eigenvalue weighted by Gasteiger charge is -2.15. The molecule has 0 aliphatic heterocycles. The van der Waals surface area contributed by atoms with Gasteiger partial charge in [0, 0.05) is 10.7 Å².